The van der Waals surface area contributed by atoms with E-state index >= 15 is 0 Å². The Labute approximate surface area is 126 Å². The Morgan fingerprint density at radius 3 is 2.62 bits per heavy atom. The van der Waals surface area contributed by atoms with Crippen LogP contribution in [0.1, 0.15) is 23.1 Å². The van der Waals surface area contributed by atoms with E-state index in [0.717, 1.165) is 34.4 Å². The maximum Gasteiger partial charge on any atom is 0.127 e. The van der Waals surface area contributed by atoms with Crippen LogP contribution in [0.2, 0.25) is 0 Å². The van der Waals surface area contributed by atoms with Gasteiger partial charge >= 0.3 is 0 Å². The summed E-state index contributed by atoms with van der Waals surface area (Å²) in [6, 6.07) is 12.1. The number of nitrogens with two attached hydrogens (primary N) is 1. The third kappa shape index (κ3) is 3.63. The van der Waals surface area contributed by atoms with Crippen LogP contribution >= 0.6 is 0 Å². The molecule has 0 saturated heterocycles. The van der Waals surface area contributed by atoms with Crippen molar-refractivity contribution in [2.24, 2.45) is 5.73 Å². The fourth-order valence-electron chi connectivity index (χ4n) is 2.56. The Bertz CT molecular complexity index is 608. The van der Waals surface area contributed by atoms with Crippen molar-refractivity contribution in [2.45, 2.75) is 26.9 Å². The van der Waals surface area contributed by atoms with Crippen molar-refractivity contribution in [1.82, 2.24) is 0 Å². The Hall–Kier alpha value is -1.84. The van der Waals surface area contributed by atoms with E-state index in [9.17, 15) is 5.11 Å². The maximum atomic E-state index is 9.57. The molecular formula is C18H23NO2. The van der Waals surface area contributed by atoms with Gasteiger partial charge in [0.05, 0.1) is 13.2 Å². The summed E-state index contributed by atoms with van der Waals surface area (Å²) in [5, 5.41) is 9.57. The molecule has 21 heavy (non-hydrogen) atoms. The number of hydrogen-bond acceptors (Lipinski definition) is 3. The third-order valence-corrected chi connectivity index (χ3v) is 3.51. The maximum absolute atomic E-state index is 9.57. The molecule has 2 aromatic rings. The van der Waals surface area contributed by atoms with Crippen molar-refractivity contribution in [3.05, 3.63) is 53.1 Å². The van der Waals surface area contributed by atoms with Crippen LogP contribution in [0.25, 0.3) is 11.1 Å². The van der Waals surface area contributed by atoms with Crippen LogP contribution in [0.4, 0.5) is 0 Å². The van der Waals surface area contributed by atoms with Gasteiger partial charge in [0.25, 0.3) is 0 Å². The van der Waals surface area contributed by atoms with Crippen LogP contribution in [-0.4, -0.2) is 18.3 Å². The van der Waals surface area contributed by atoms with E-state index < -0.39 is 0 Å². The number of ether oxygens (including phenoxy) is 1. The van der Waals surface area contributed by atoms with Crippen LogP contribution in [0.3, 0.4) is 0 Å². The second-order valence-corrected chi connectivity index (χ2v) is 5.26. The molecule has 0 aromatic heterocycles. The molecule has 3 heteroatoms. The van der Waals surface area contributed by atoms with E-state index in [2.05, 4.69) is 19.9 Å². The predicted octanol–water partition coefficient (Wildman–Crippen LogP) is 3.19. The van der Waals surface area contributed by atoms with Crippen LogP contribution in [-0.2, 0) is 6.61 Å². The highest BCUT2D eigenvalue weighted by molar-refractivity contribution is 5.77. The Morgan fingerprint density at radius 2 is 1.90 bits per heavy atom. The van der Waals surface area contributed by atoms with Gasteiger partial charge in [-0.05, 0) is 55.1 Å². The molecule has 0 aliphatic rings. The minimum absolute atomic E-state index is 0.0196. The quantitative estimate of drug-likeness (QED) is 0.801. The molecular weight excluding hydrogens is 262 g/mol. The number of aryl methyl sites for hydroxylation is 2. The lowest BCUT2D eigenvalue weighted by Crippen LogP contribution is -2.07. The van der Waals surface area contributed by atoms with E-state index in [0.29, 0.717) is 13.2 Å². The molecule has 0 radical (unpaired) electrons. The zero-order valence-electron chi connectivity index (χ0n) is 12.7. The minimum Gasteiger partial charge on any atom is -0.493 e. The fourth-order valence-corrected chi connectivity index (χ4v) is 2.56. The summed E-state index contributed by atoms with van der Waals surface area (Å²) in [4.78, 5) is 0. The van der Waals surface area contributed by atoms with Crippen LogP contribution in [0, 0.1) is 13.8 Å². The van der Waals surface area contributed by atoms with Crippen molar-refractivity contribution in [3.8, 4) is 16.9 Å². The first kappa shape index (κ1) is 15.5. The van der Waals surface area contributed by atoms with Crippen LogP contribution < -0.4 is 10.5 Å². The minimum atomic E-state index is 0.0196. The molecule has 0 heterocycles. The highest BCUT2D eigenvalue weighted by Gasteiger charge is 2.13. The van der Waals surface area contributed by atoms with Gasteiger partial charge in [0.15, 0.2) is 0 Å². The Kier molecular flexibility index (Phi) is 5.37. The third-order valence-electron chi connectivity index (χ3n) is 3.51. The summed E-state index contributed by atoms with van der Waals surface area (Å²) in [6.45, 7) is 5.38. The molecule has 0 unspecified atom stereocenters. The summed E-state index contributed by atoms with van der Waals surface area (Å²) < 4.78 is 5.93. The average molecular weight is 285 g/mol. The molecule has 0 bridgehead atoms. The van der Waals surface area contributed by atoms with E-state index in [1.807, 2.05) is 30.3 Å². The van der Waals surface area contributed by atoms with Crippen LogP contribution in [0.15, 0.2) is 36.4 Å². The van der Waals surface area contributed by atoms with Gasteiger partial charge in [0, 0.05) is 5.56 Å². The van der Waals surface area contributed by atoms with Crippen molar-refractivity contribution in [3.63, 3.8) is 0 Å². The molecule has 0 aliphatic heterocycles. The molecule has 0 spiro atoms. The van der Waals surface area contributed by atoms with E-state index in [-0.39, 0.29) is 6.61 Å². The Balaban J connectivity index is 2.50. The van der Waals surface area contributed by atoms with E-state index in [4.69, 9.17) is 10.5 Å². The van der Waals surface area contributed by atoms with E-state index in [1.54, 1.807) is 0 Å². The molecule has 3 nitrogen and oxygen atoms in total. The second kappa shape index (κ2) is 7.25. The monoisotopic (exact) mass is 285 g/mol. The van der Waals surface area contributed by atoms with Crippen molar-refractivity contribution < 1.29 is 9.84 Å². The smallest absolute Gasteiger partial charge is 0.127 e. The summed E-state index contributed by atoms with van der Waals surface area (Å²) in [6.07, 6.45) is 0.827. The second-order valence-electron chi connectivity index (χ2n) is 5.26. The fraction of sp³-hybridized carbons (Fsp3) is 0.333. The number of hydrogen-bond donors (Lipinski definition) is 2. The normalized spacial score (nSPS) is 10.7. The summed E-state index contributed by atoms with van der Waals surface area (Å²) in [5.41, 5.74) is 10.8. The number of benzene rings is 2. The van der Waals surface area contributed by atoms with Gasteiger partial charge in [-0.25, -0.2) is 0 Å². The molecule has 2 rings (SSSR count). The first-order chi connectivity index (χ1) is 10.2. The molecule has 112 valence electrons. The molecule has 3 N–H and O–H groups in total. The number of aliphatic hydroxyl groups excluding tert-OH is 1. The van der Waals surface area contributed by atoms with Crippen LogP contribution in [0.5, 0.6) is 5.75 Å². The average Bonchev–Trinajstić information content (AvgIpc) is 2.47. The topological polar surface area (TPSA) is 55.5 Å². The van der Waals surface area contributed by atoms with Crippen molar-refractivity contribution in [2.75, 3.05) is 13.2 Å². The molecule has 0 saturated carbocycles. The lowest BCUT2D eigenvalue weighted by Gasteiger charge is -2.17. The highest BCUT2D eigenvalue weighted by atomic mass is 16.5. The Morgan fingerprint density at radius 1 is 1.14 bits per heavy atom. The zero-order valence-corrected chi connectivity index (χ0v) is 12.7. The van der Waals surface area contributed by atoms with Crippen molar-refractivity contribution in [1.29, 1.82) is 0 Å². The lowest BCUT2D eigenvalue weighted by molar-refractivity contribution is 0.282. The standard InChI is InChI=1S/C18H23NO2/c1-13-10-14(2)18(17(11-13)21-9-5-8-19)16-7-4-3-6-15(16)12-20/h3-4,6-7,10-11,20H,5,8-9,12,19H2,1-2H3. The molecule has 2 aromatic carbocycles. The highest BCUT2D eigenvalue weighted by Crippen LogP contribution is 2.36. The van der Waals surface area contributed by atoms with Crippen molar-refractivity contribution >= 4 is 0 Å². The largest absolute Gasteiger partial charge is 0.493 e. The summed E-state index contributed by atoms with van der Waals surface area (Å²) in [5.74, 6) is 0.863. The summed E-state index contributed by atoms with van der Waals surface area (Å²) in [7, 11) is 0. The predicted molar refractivity (Wildman–Crippen MR) is 86.4 cm³/mol. The van der Waals surface area contributed by atoms with E-state index in [1.165, 1.54) is 5.56 Å². The van der Waals surface area contributed by atoms with Gasteiger partial charge in [-0.1, -0.05) is 30.3 Å². The molecule has 0 atom stereocenters. The van der Waals surface area contributed by atoms with Gasteiger partial charge in [0.2, 0.25) is 0 Å². The molecule has 0 aliphatic carbocycles. The van der Waals surface area contributed by atoms with Gasteiger partial charge in [-0.2, -0.15) is 0 Å². The zero-order chi connectivity index (χ0) is 15.2. The van der Waals surface area contributed by atoms with Gasteiger partial charge in [0.1, 0.15) is 5.75 Å². The lowest BCUT2D eigenvalue weighted by atomic mass is 9.94. The summed E-state index contributed by atoms with van der Waals surface area (Å²) >= 11 is 0. The first-order valence-corrected chi connectivity index (χ1v) is 7.30. The van der Waals surface area contributed by atoms with Gasteiger partial charge < -0.3 is 15.6 Å². The van der Waals surface area contributed by atoms with Gasteiger partial charge in [-0.3, -0.25) is 0 Å². The molecule has 0 amide bonds. The number of rotatable bonds is 6. The molecule has 0 fully saturated rings. The SMILES string of the molecule is Cc1cc(C)c(-c2ccccc2CO)c(OCCCN)c1. The first-order valence-electron chi connectivity index (χ1n) is 7.30. The number of aliphatic hydroxyl groups is 1. The van der Waals surface area contributed by atoms with Gasteiger partial charge in [-0.15, -0.1) is 0 Å².